The Bertz CT molecular complexity index is 529. The number of halogens is 1. The van der Waals surface area contributed by atoms with Crippen molar-refractivity contribution in [1.82, 2.24) is 4.98 Å². The predicted octanol–water partition coefficient (Wildman–Crippen LogP) is 2.81. The van der Waals surface area contributed by atoms with Crippen molar-refractivity contribution in [3.05, 3.63) is 53.6 Å². The molecule has 1 aromatic carbocycles. The lowest BCUT2D eigenvalue weighted by Gasteiger charge is -2.10. The van der Waals surface area contributed by atoms with Crippen LogP contribution in [0.25, 0.3) is 0 Å². The number of benzene rings is 1. The number of nitrogens with zero attached hydrogens (tertiary/aromatic N) is 1. The van der Waals surface area contributed by atoms with E-state index < -0.39 is 0 Å². The standard InChI is InChI=1S/C13H12FNO2/c1-9-6-11(14)2-3-12(9)17-13-7-15-5-4-10(13)8-16/h2-7,16H,8H2,1H3. The van der Waals surface area contributed by atoms with Crippen molar-refractivity contribution in [3.63, 3.8) is 0 Å². The third-order valence-electron chi connectivity index (χ3n) is 2.40. The number of ether oxygens (including phenoxy) is 1. The number of aromatic nitrogens is 1. The Balaban J connectivity index is 2.31. The van der Waals surface area contributed by atoms with Crippen LogP contribution in [0.3, 0.4) is 0 Å². The molecule has 0 saturated carbocycles. The van der Waals surface area contributed by atoms with Crippen molar-refractivity contribution < 1.29 is 14.2 Å². The van der Waals surface area contributed by atoms with Crippen LogP contribution < -0.4 is 4.74 Å². The number of rotatable bonds is 3. The fourth-order valence-corrected chi connectivity index (χ4v) is 1.48. The zero-order chi connectivity index (χ0) is 12.3. The molecule has 0 spiro atoms. The van der Waals surface area contributed by atoms with E-state index in [0.717, 1.165) is 0 Å². The first kappa shape index (κ1) is 11.5. The molecule has 2 rings (SSSR count). The van der Waals surface area contributed by atoms with Gasteiger partial charge in [0.15, 0.2) is 5.75 Å². The third kappa shape index (κ3) is 2.60. The quantitative estimate of drug-likeness (QED) is 0.886. The van der Waals surface area contributed by atoms with Crippen molar-refractivity contribution in [3.8, 4) is 11.5 Å². The monoisotopic (exact) mass is 233 g/mol. The highest BCUT2D eigenvalue weighted by molar-refractivity contribution is 5.39. The largest absolute Gasteiger partial charge is 0.455 e. The van der Waals surface area contributed by atoms with E-state index in [4.69, 9.17) is 9.84 Å². The van der Waals surface area contributed by atoms with E-state index in [2.05, 4.69) is 4.98 Å². The summed E-state index contributed by atoms with van der Waals surface area (Å²) in [6, 6.07) is 5.95. The van der Waals surface area contributed by atoms with Gasteiger partial charge in [-0.2, -0.15) is 0 Å². The number of aryl methyl sites for hydroxylation is 1. The summed E-state index contributed by atoms with van der Waals surface area (Å²) in [7, 11) is 0. The second kappa shape index (κ2) is 4.93. The van der Waals surface area contributed by atoms with Crippen LogP contribution in [0.15, 0.2) is 36.7 Å². The molecule has 3 nitrogen and oxygen atoms in total. The summed E-state index contributed by atoms with van der Waals surface area (Å²) in [6.45, 7) is 1.63. The van der Waals surface area contributed by atoms with E-state index in [9.17, 15) is 4.39 Å². The van der Waals surface area contributed by atoms with Gasteiger partial charge in [-0.05, 0) is 36.8 Å². The first-order chi connectivity index (χ1) is 8.20. The van der Waals surface area contributed by atoms with Crippen LogP contribution in [-0.4, -0.2) is 10.1 Å². The fourth-order valence-electron chi connectivity index (χ4n) is 1.48. The van der Waals surface area contributed by atoms with Crippen LogP contribution >= 0.6 is 0 Å². The third-order valence-corrected chi connectivity index (χ3v) is 2.40. The summed E-state index contributed by atoms with van der Waals surface area (Å²) in [4.78, 5) is 3.93. The SMILES string of the molecule is Cc1cc(F)ccc1Oc1cnccc1CO. The van der Waals surface area contributed by atoms with Gasteiger partial charge in [0, 0.05) is 11.8 Å². The van der Waals surface area contributed by atoms with E-state index in [-0.39, 0.29) is 12.4 Å². The first-order valence-electron chi connectivity index (χ1n) is 5.18. The molecule has 0 fully saturated rings. The normalized spacial score (nSPS) is 10.3. The van der Waals surface area contributed by atoms with E-state index >= 15 is 0 Å². The predicted molar refractivity (Wildman–Crippen MR) is 61.4 cm³/mol. The van der Waals surface area contributed by atoms with Crippen LogP contribution in [0.5, 0.6) is 11.5 Å². The lowest BCUT2D eigenvalue weighted by atomic mass is 10.2. The highest BCUT2D eigenvalue weighted by atomic mass is 19.1. The summed E-state index contributed by atoms with van der Waals surface area (Å²) >= 11 is 0. The van der Waals surface area contributed by atoms with Gasteiger partial charge in [-0.1, -0.05) is 0 Å². The van der Waals surface area contributed by atoms with E-state index in [1.54, 1.807) is 25.3 Å². The topological polar surface area (TPSA) is 42.4 Å². The van der Waals surface area contributed by atoms with Crippen LogP contribution in [0, 0.1) is 12.7 Å². The van der Waals surface area contributed by atoms with E-state index in [1.807, 2.05) is 0 Å². The molecule has 17 heavy (non-hydrogen) atoms. The molecule has 0 aliphatic heterocycles. The summed E-state index contributed by atoms with van der Waals surface area (Å²) < 4.78 is 18.5. The zero-order valence-electron chi connectivity index (χ0n) is 9.35. The van der Waals surface area contributed by atoms with Gasteiger partial charge in [-0.3, -0.25) is 4.98 Å². The van der Waals surface area contributed by atoms with Crippen molar-refractivity contribution in [2.45, 2.75) is 13.5 Å². The Morgan fingerprint density at radius 1 is 1.29 bits per heavy atom. The Morgan fingerprint density at radius 2 is 2.12 bits per heavy atom. The molecule has 1 aromatic heterocycles. The molecule has 4 heteroatoms. The van der Waals surface area contributed by atoms with Crippen LogP contribution in [-0.2, 0) is 6.61 Å². The summed E-state index contributed by atoms with van der Waals surface area (Å²) in [5.74, 6) is 0.724. The number of hydrogen-bond acceptors (Lipinski definition) is 3. The smallest absolute Gasteiger partial charge is 0.151 e. The fraction of sp³-hybridized carbons (Fsp3) is 0.154. The Hall–Kier alpha value is -1.94. The maximum absolute atomic E-state index is 12.9. The van der Waals surface area contributed by atoms with Gasteiger partial charge in [0.05, 0.1) is 12.8 Å². The van der Waals surface area contributed by atoms with Gasteiger partial charge in [0.25, 0.3) is 0 Å². The van der Waals surface area contributed by atoms with Gasteiger partial charge < -0.3 is 9.84 Å². The molecule has 1 N–H and O–H groups in total. The van der Waals surface area contributed by atoms with Gasteiger partial charge in [0.2, 0.25) is 0 Å². The van der Waals surface area contributed by atoms with Gasteiger partial charge >= 0.3 is 0 Å². The minimum Gasteiger partial charge on any atom is -0.455 e. The minimum atomic E-state index is -0.302. The minimum absolute atomic E-state index is 0.127. The lowest BCUT2D eigenvalue weighted by molar-refractivity contribution is 0.276. The molecule has 0 bridgehead atoms. The summed E-state index contributed by atoms with van der Waals surface area (Å²) in [5.41, 5.74) is 1.33. The van der Waals surface area contributed by atoms with Crippen LogP contribution in [0.2, 0.25) is 0 Å². The van der Waals surface area contributed by atoms with Crippen molar-refractivity contribution in [1.29, 1.82) is 0 Å². The average Bonchev–Trinajstić information content (AvgIpc) is 2.33. The Morgan fingerprint density at radius 3 is 2.82 bits per heavy atom. The second-order valence-corrected chi connectivity index (χ2v) is 3.65. The molecule has 0 amide bonds. The molecule has 0 aliphatic rings. The number of aliphatic hydroxyl groups is 1. The van der Waals surface area contributed by atoms with Gasteiger partial charge in [-0.25, -0.2) is 4.39 Å². The lowest BCUT2D eigenvalue weighted by Crippen LogP contribution is -1.94. The van der Waals surface area contributed by atoms with E-state index in [0.29, 0.717) is 22.6 Å². The zero-order valence-corrected chi connectivity index (χ0v) is 9.35. The molecule has 0 radical (unpaired) electrons. The molecular formula is C13H12FNO2. The molecule has 1 heterocycles. The molecule has 0 atom stereocenters. The first-order valence-corrected chi connectivity index (χ1v) is 5.18. The number of pyridine rings is 1. The van der Waals surface area contributed by atoms with E-state index in [1.165, 1.54) is 18.3 Å². The molecular weight excluding hydrogens is 221 g/mol. The van der Waals surface area contributed by atoms with Crippen LogP contribution in [0.1, 0.15) is 11.1 Å². The van der Waals surface area contributed by atoms with Gasteiger partial charge in [-0.15, -0.1) is 0 Å². The highest BCUT2D eigenvalue weighted by Gasteiger charge is 2.06. The molecule has 2 aromatic rings. The average molecular weight is 233 g/mol. The number of aliphatic hydroxyl groups excluding tert-OH is 1. The number of hydrogen-bond donors (Lipinski definition) is 1. The molecule has 88 valence electrons. The summed E-state index contributed by atoms with van der Waals surface area (Å²) in [5, 5.41) is 9.14. The Kier molecular flexibility index (Phi) is 3.35. The second-order valence-electron chi connectivity index (χ2n) is 3.65. The van der Waals surface area contributed by atoms with Crippen molar-refractivity contribution in [2.75, 3.05) is 0 Å². The van der Waals surface area contributed by atoms with Crippen LogP contribution in [0.4, 0.5) is 4.39 Å². The van der Waals surface area contributed by atoms with Crippen molar-refractivity contribution in [2.24, 2.45) is 0 Å². The Labute approximate surface area is 98.5 Å². The molecule has 0 saturated heterocycles. The summed E-state index contributed by atoms with van der Waals surface area (Å²) in [6.07, 6.45) is 3.10. The molecule has 0 unspecified atom stereocenters. The maximum atomic E-state index is 12.9. The highest BCUT2D eigenvalue weighted by Crippen LogP contribution is 2.27. The van der Waals surface area contributed by atoms with Gasteiger partial charge in [0.1, 0.15) is 11.6 Å². The maximum Gasteiger partial charge on any atom is 0.151 e. The van der Waals surface area contributed by atoms with Crippen molar-refractivity contribution >= 4 is 0 Å². The molecule has 0 aliphatic carbocycles.